The van der Waals surface area contributed by atoms with Crippen LogP contribution in [0.3, 0.4) is 0 Å². The van der Waals surface area contributed by atoms with Crippen molar-refractivity contribution in [3.63, 3.8) is 0 Å². The van der Waals surface area contributed by atoms with Gasteiger partial charge in [0.25, 0.3) is 0 Å². The number of aldehydes is 1. The number of aliphatic hydroxyl groups excluding tert-OH is 1. The normalized spacial score (nSPS) is 12.5. The van der Waals surface area contributed by atoms with Gasteiger partial charge in [0.1, 0.15) is 0 Å². The van der Waals surface area contributed by atoms with Crippen LogP contribution in [-0.2, 0) is 0 Å². The van der Waals surface area contributed by atoms with Crippen LogP contribution in [0.5, 0.6) is 0 Å². The van der Waals surface area contributed by atoms with Crippen molar-refractivity contribution in [1.29, 1.82) is 0 Å². The SMILES string of the molecule is Cc1cc(C=O)cnc1SCC(C)CO. The van der Waals surface area contributed by atoms with Crippen LogP contribution in [0.4, 0.5) is 0 Å². The molecule has 4 heteroatoms. The second-order valence-corrected chi connectivity index (χ2v) is 4.62. The van der Waals surface area contributed by atoms with Gasteiger partial charge in [0.2, 0.25) is 0 Å². The third-order valence-electron chi connectivity index (χ3n) is 2.00. The molecular weight excluding hydrogens is 210 g/mol. The van der Waals surface area contributed by atoms with Crippen LogP contribution in [0.25, 0.3) is 0 Å². The van der Waals surface area contributed by atoms with Gasteiger partial charge in [-0.05, 0) is 24.5 Å². The van der Waals surface area contributed by atoms with Gasteiger partial charge in [-0.25, -0.2) is 4.98 Å². The van der Waals surface area contributed by atoms with Crippen LogP contribution in [0.2, 0.25) is 0 Å². The summed E-state index contributed by atoms with van der Waals surface area (Å²) in [7, 11) is 0. The van der Waals surface area contributed by atoms with E-state index < -0.39 is 0 Å². The quantitative estimate of drug-likeness (QED) is 0.614. The third kappa shape index (κ3) is 3.64. The molecule has 15 heavy (non-hydrogen) atoms. The number of aromatic nitrogens is 1. The summed E-state index contributed by atoms with van der Waals surface area (Å²) in [5.74, 6) is 1.10. The number of carbonyl (C=O) groups is 1. The zero-order valence-electron chi connectivity index (χ0n) is 8.93. The lowest BCUT2D eigenvalue weighted by molar-refractivity contribution is 0.112. The third-order valence-corrected chi connectivity index (χ3v) is 3.44. The molecule has 0 aromatic carbocycles. The first-order valence-electron chi connectivity index (χ1n) is 4.83. The van der Waals surface area contributed by atoms with Gasteiger partial charge in [0.15, 0.2) is 6.29 Å². The Hall–Kier alpha value is -0.870. The monoisotopic (exact) mass is 225 g/mol. The van der Waals surface area contributed by atoms with Crippen LogP contribution in [0.15, 0.2) is 17.3 Å². The summed E-state index contributed by atoms with van der Waals surface area (Å²) in [5.41, 5.74) is 1.61. The zero-order valence-corrected chi connectivity index (χ0v) is 9.75. The lowest BCUT2D eigenvalue weighted by Crippen LogP contribution is -2.04. The molecule has 1 heterocycles. The number of rotatable bonds is 5. The van der Waals surface area contributed by atoms with Crippen LogP contribution in [-0.4, -0.2) is 28.7 Å². The molecule has 0 bridgehead atoms. The first-order chi connectivity index (χ1) is 7.17. The molecular formula is C11H15NO2S. The van der Waals surface area contributed by atoms with E-state index in [1.807, 2.05) is 19.9 Å². The van der Waals surface area contributed by atoms with Gasteiger partial charge in [-0.1, -0.05) is 6.92 Å². The Morgan fingerprint density at radius 3 is 2.93 bits per heavy atom. The van der Waals surface area contributed by atoms with Crippen molar-refractivity contribution >= 4 is 18.0 Å². The van der Waals surface area contributed by atoms with E-state index in [9.17, 15) is 4.79 Å². The highest BCUT2D eigenvalue weighted by Gasteiger charge is 2.05. The highest BCUT2D eigenvalue weighted by atomic mass is 32.2. The summed E-state index contributed by atoms with van der Waals surface area (Å²) in [4.78, 5) is 14.7. The molecule has 1 atom stereocenters. The smallest absolute Gasteiger partial charge is 0.151 e. The predicted octanol–water partition coefficient (Wildman–Crippen LogP) is 1.92. The molecule has 1 aromatic rings. The average molecular weight is 225 g/mol. The van der Waals surface area contributed by atoms with Crippen molar-refractivity contribution in [2.45, 2.75) is 18.9 Å². The largest absolute Gasteiger partial charge is 0.396 e. The van der Waals surface area contributed by atoms with Crippen molar-refractivity contribution < 1.29 is 9.90 Å². The molecule has 1 N–H and O–H groups in total. The maximum absolute atomic E-state index is 10.5. The molecule has 1 aromatic heterocycles. The minimum atomic E-state index is 0.193. The van der Waals surface area contributed by atoms with Crippen molar-refractivity contribution in [2.24, 2.45) is 5.92 Å². The number of aryl methyl sites for hydroxylation is 1. The summed E-state index contributed by atoms with van der Waals surface area (Å²) in [6.07, 6.45) is 2.37. The number of aliphatic hydroxyl groups is 1. The van der Waals surface area contributed by atoms with E-state index in [-0.39, 0.29) is 12.5 Å². The van der Waals surface area contributed by atoms with Gasteiger partial charge < -0.3 is 5.11 Å². The van der Waals surface area contributed by atoms with E-state index in [2.05, 4.69) is 4.98 Å². The fraction of sp³-hybridized carbons (Fsp3) is 0.455. The minimum absolute atomic E-state index is 0.193. The van der Waals surface area contributed by atoms with E-state index in [1.54, 1.807) is 18.0 Å². The topological polar surface area (TPSA) is 50.2 Å². The van der Waals surface area contributed by atoms with Crippen LogP contribution < -0.4 is 0 Å². The summed E-state index contributed by atoms with van der Waals surface area (Å²) in [5, 5.41) is 9.82. The summed E-state index contributed by atoms with van der Waals surface area (Å²) < 4.78 is 0. The van der Waals surface area contributed by atoms with Crippen molar-refractivity contribution in [3.05, 3.63) is 23.4 Å². The number of carbonyl (C=O) groups excluding carboxylic acids is 1. The molecule has 0 spiro atoms. The first-order valence-corrected chi connectivity index (χ1v) is 5.81. The summed E-state index contributed by atoms with van der Waals surface area (Å²) in [6.45, 7) is 4.12. The second-order valence-electron chi connectivity index (χ2n) is 3.61. The number of pyridine rings is 1. The van der Waals surface area contributed by atoms with Crippen molar-refractivity contribution in [2.75, 3.05) is 12.4 Å². The highest BCUT2D eigenvalue weighted by molar-refractivity contribution is 7.99. The van der Waals surface area contributed by atoms with E-state index in [1.165, 1.54) is 0 Å². The first kappa shape index (κ1) is 12.2. The molecule has 3 nitrogen and oxygen atoms in total. The van der Waals surface area contributed by atoms with Gasteiger partial charge in [-0.2, -0.15) is 0 Å². The molecule has 0 radical (unpaired) electrons. The van der Waals surface area contributed by atoms with E-state index in [0.29, 0.717) is 5.56 Å². The molecule has 0 fully saturated rings. The maximum atomic E-state index is 10.5. The lowest BCUT2D eigenvalue weighted by atomic mass is 10.2. The Bertz CT molecular complexity index is 341. The fourth-order valence-electron chi connectivity index (χ4n) is 1.07. The molecule has 0 aliphatic rings. The van der Waals surface area contributed by atoms with Gasteiger partial charge in [-0.15, -0.1) is 11.8 Å². The van der Waals surface area contributed by atoms with Crippen LogP contribution >= 0.6 is 11.8 Å². The van der Waals surface area contributed by atoms with E-state index in [0.717, 1.165) is 22.6 Å². The maximum Gasteiger partial charge on any atom is 0.151 e. The zero-order chi connectivity index (χ0) is 11.3. The molecule has 0 aliphatic heterocycles. The molecule has 1 rings (SSSR count). The van der Waals surface area contributed by atoms with Gasteiger partial charge in [0, 0.05) is 24.1 Å². The standard InChI is InChI=1S/C11H15NO2S/c1-8(5-13)7-15-11-9(2)3-10(6-14)4-12-11/h3-4,6,8,13H,5,7H2,1-2H3. The predicted molar refractivity (Wildman–Crippen MR) is 61.3 cm³/mol. The van der Waals surface area contributed by atoms with Crippen LogP contribution in [0.1, 0.15) is 22.8 Å². The summed E-state index contributed by atoms with van der Waals surface area (Å²) in [6, 6.07) is 1.83. The Morgan fingerprint density at radius 1 is 1.67 bits per heavy atom. The van der Waals surface area contributed by atoms with Gasteiger partial charge in [0.05, 0.1) is 5.03 Å². The van der Waals surface area contributed by atoms with Crippen LogP contribution in [0, 0.1) is 12.8 Å². The fourth-order valence-corrected chi connectivity index (χ4v) is 2.04. The Morgan fingerprint density at radius 2 is 2.40 bits per heavy atom. The number of hydrogen-bond acceptors (Lipinski definition) is 4. The van der Waals surface area contributed by atoms with Crippen molar-refractivity contribution in [1.82, 2.24) is 4.98 Å². The van der Waals surface area contributed by atoms with Gasteiger partial charge in [-0.3, -0.25) is 4.79 Å². The van der Waals surface area contributed by atoms with Gasteiger partial charge >= 0.3 is 0 Å². The number of nitrogens with zero attached hydrogens (tertiary/aromatic N) is 1. The molecule has 0 saturated carbocycles. The number of hydrogen-bond donors (Lipinski definition) is 1. The summed E-state index contributed by atoms with van der Waals surface area (Å²) >= 11 is 1.61. The second kappa shape index (κ2) is 5.88. The lowest BCUT2D eigenvalue weighted by Gasteiger charge is -2.08. The Balaban J connectivity index is 2.65. The number of thioether (sulfide) groups is 1. The van der Waals surface area contributed by atoms with E-state index >= 15 is 0 Å². The molecule has 1 unspecified atom stereocenters. The average Bonchev–Trinajstić information content (AvgIpc) is 2.26. The Labute approximate surface area is 93.9 Å². The molecule has 82 valence electrons. The van der Waals surface area contributed by atoms with Crippen molar-refractivity contribution in [3.8, 4) is 0 Å². The minimum Gasteiger partial charge on any atom is -0.396 e. The highest BCUT2D eigenvalue weighted by Crippen LogP contribution is 2.22. The molecule has 0 amide bonds. The molecule has 0 saturated heterocycles. The van der Waals surface area contributed by atoms with E-state index in [4.69, 9.17) is 5.11 Å². The molecule has 0 aliphatic carbocycles. The Kier molecular flexibility index (Phi) is 4.78.